The van der Waals surface area contributed by atoms with Crippen molar-refractivity contribution in [1.29, 1.82) is 0 Å². The van der Waals surface area contributed by atoms with Gasteiger partial charge in [0.1, 0.15) is 0 Å². The maximum Gasteiger partial charge on any atom is 0.491 e. The minimum absolute atomic E-state index is 0.546. The first-order chi connectivity index (χ1) is 5.70. The zero-order chi connectivity index (χ0) is 9.14. The summed E-state index contributed by atoms with van der Waals surface area (Å²) < 4.78 is 5.12. The fraction of sp³-hybridized carbons (Fsp3) is 0.556. The summed E-state index contributed by atoms with van der Waals surface area (Å²) in [6.45, 7) is 6.64. The molecule has 0 atom stereocenters. The van der Waals surface area contributed by atoms with E-state index in [-0.39, 0.29) is 0 Å². The van der Waals surface area contributed by atoms with Gasteiger partial charge in [0.2, 0.25) is 0 Å². The fourth-order valence-electron chi connectivity index (χ4n) is 1.40. The lowest BCUT2D eigenvalue weighted by Crippen LogP contribution is -2.13. The smallest absolute Gasteiger partial charge is 0.423 e. The first-order valence-corrected chi connectivity index (χ1v) is 4.35. The minimum atomic E-state index is -0.698. The Morgan fingerprint density at radius 2 is 2.42 bits per heavy atom. The molecule has 1 aliphatic rings. The Kier molecular flexibility index (Phi) is 3.12. The van der Waals surface area contributed by atoms with Crippen molar-refractivity contribution in [2.75, 3.05) is 6.61 Å². The third-order valence-corrected chi connectivity index (χ3v) is 2.33. The van der Waals surface area contributed by atoms with Crippen LogP contribution in [0.2, 0.25) is 0 Å². The van der Waals surface area contributed by atoms with E-state index in [0.29, 0.717) is 6.61 Å². The summed E-state index contributed by atoms with van der Waals surface area (Å²) in [4.78, 5) is 0. The van der Waals surface area contributed by atoms with Crippen LogP contribution < -0.4 is 0 Å². The van der Waals surface area contributed by atoms with Gasteiger partial charge in [-0.1, -0.05) is 18.6 Å². The second-order valence-electron chi connectivity index (χ2n) is 3.02. The summed E-state index contributed by atoms with van der Waals surface area (Å²) in [5.41, 5.74) is 3.33. The monoisotopic (exact) mass is 166 g/mol. The summed E-state index contributed by atoms with van der Waals surface area (Å²) in [6.07, 6.45) is 2.97. The molecule has 0 saturated carbocycles. The highest BCUT2D eigenvalue weighted by atomic mass is 16.5. The second kappa shape index (κ2) is 3.92. The van der Waals surface area contributed by atoms with Crippen LogP contribution in [0.4, 0.5) is 0 Å². The van der Waals surface area contributed by atoms with Crippen molar-refractivity contribution in [2.24, 2.45) is 0 Å². The van der Waals surface area contributed by atoms with Gasteiger partial charge >= 0.3 is 7.12 Å². The Bertz CT molecular complexity index is 231. The Morgan fingerprint density at radius 1 is 1.75 bits per heavy atom. The van der Waals surface area contributed by atoms with E-state index in [0.717, 1.165) is 17.5 Å². The van der Waals surface area contributed by atoms with Gasteiger partial charge in [-0.3, -0.25) is 0 Å². The predicted molar refractivity (Wildman–Crippen MR) is 50.7 cm³/mol. The maximum absolute atomic E-state index is 9.47. The van der Waals surface area contributed by atoms with Crippen LogP contribution in [0, 0.1) is 0 Å². The molecule has 1 saturated heterocycles. The standard InChI is InChI=1S/C9H15BO2/c1-4-7(3)9-8(5-2)6-12-10(9)11/h5,11H,4,6H2,1-3H3/b8-5-,9-7+. The third kappa shape index (κ3) is 1.62. The number of hydrogen-bond donors (Lipinski definition) is 1. The summed E-state index contributed by atoms with van der Waals surface area (Å²) in [6, 6.07) is 0. The first-order valence-electron chi connectivity index (χ1n) is 4.35. The lowest BCUT2D eigenvalue weighted by atomic mass is 9.74. The van der Waals surface area contributed by atoms with Crippen molar-refractivity contribution >= 4 is 7.12 Å². The lowest BCUT2D eigenvalue weighted by Gasteiger charge is -2.04. The highest BCUT2D eigenvalue weighted by Gasteiger charge is 2.30. The van der Waals surface area contributed by atoms with Crippen molar-refractivity contribution in [3.63, 3.8) is 0 Å². The van der Waals surface area contributed by atoms with E-state index >= 15 is 0 Å². The van der Waals surface area contributed by atoms with Gasteiger partial charge in [-0.2, -0.15) is 0 Å². The van der Waals surface area contributed by atoms with Gasteiger partial charge in [0.15, 0.2) is 0 Å². The van der Waals surface area contributed by atoms with Crippen LogP contribution in [0.15, 0.2) is 22.7 Å². The molecule has 1 N–H and O–H groups in total. The molecule has 1 heterocycles. The zero-order valence-corrected chi connectivity index (χ0v) is 7.92. The van der Waals surface area contributed by atoms with E-state index in [2.05, 4.69) is 6.92 Å². The molecule has 0 bridgehead atoms. The van der Waals surface area contributed by atoms with E-state index in [1.165, 1.54) is 5.57 Å². The van der Waals surface area contributed by atoms with Gasteiger partial charge < -0.3 is 9.68 Å². The normalized spacial score (nSPS) is 25.3. The molecule has 3 heteroatoms. The molecular formula is C9H15BO2. The maximum atomic E-state index is 9.47. The van der Waals surface area contributed by atoms with Crippen LogP contribution in [-0.2, 0) is 4.65 Å². The average Bonchev–Trinajstić information content (AvgIpc) is 2.45. The molecule has 12 heavy (non-hydrogen) atoms. The van der Waals surface area contributed by atoms with E-state index in [1.54, 1.807) is 0 Å². The molecule has 0 amide bonds. The van der Waals surface area contributed by atoms with E-state index < -0.39 is 7.12 Å². The van der Waals surface area contributed by atoms with E-state index in [4.69, 9.17) is 4.65 Å². The van der Waals surface area contributed by atoms with Crippen LogP contribution in [0.1, 0.15) is 27.2 Å². The number of rotatable bonds is 1. The molecule has 66 valence electrons. The van der Waals surface area contributed by atoms with Gasteiger partial charge in [-0.25, -0.2) is 0 Å². The first kappa shape index (κ1) is 9.55. The third-order valence-electron chi connectivity index (χ3n) is 2.33. The van der Waals surface area contributed by atoms with Crippen molar-refractivity contribution < 1.29 is 9.68 Å². The second-order valence-corrected chi connectivity index (χ2v) is 3.02. The molecule has 1 fully saturated rings. The molecule has 0 aromatic carbocycles. The van der Waals surface area contributed by atoms with Gasteiger partial charge in [-0.15, -0.1) is 0 Å². The molecule has 2 nitrogen and oxygen atoms in total. The van der Waals surface area contributed by atoms with Crippen molar-refractivity contribution in [3.05, 3.63) is 22.7 Å². The van der Waals surface area contributed by atoms with Gasteiger partial charge in [-0.05, 0) is 31.3 Å². The summed E-state index contributed by atoms with van der Waals surface area (Å²) in [7, 11) is -0.698. The Hall–Kier alpha value is -0.535. The van der Waals surface area contributed by atoms with Crippen LogP contribution in [0.3, 0.4) is 0 Å². The van der Waals surface area contributed by atoms with Crippen LogP contribution in [0.5, 0.6) is 0 Å². The SMILES string of the molecule is C/C=C1/COB(O)/C1=C(\C)CC. The number of hydrogen-bond acceptors (Lipinski definition) is 2. The fourth-order valence-corrected chi connectivity index (χ4v) is 1.40. The van der Waals surface area contributed by atoms with Gasteiger partial charge in [0, 0.05) is 0 Å². The Morgan fingerprint density at radius 3 is 2.92 bits per heavy atom. The molecular weight excluding hydrogens is 151 g/mol. The Labute approximate surface area is 74.1 Å². The largest absolute Gasteiger partial charge is 0.491 e. The van der Waals surface area contributed by atoms with Crippen molar-refractivity contribution in [3.8, 4) is 0 Å². The van der Waals surface area contributed by atoms with Crippen molar-refractivity contribution in [2.45, 2.75) is 27.2 Å². The molecule has 1 aliphatic heterocycles. The van der Waals surface area contributed by atoms with E-state index in [1.807, 2.05) is 19.9 Å². The number of allylic oxidation sites excluding steroid dienone is 2. The topological polar surface area (TPSA) is 29.5 Å². The molecule has 0 radical (unpaired) electrons. The highest BCUT2D eigenvalue weighted by Crippen LogP contribution is 2.25. The molecule has 1 rings (SSSR count). The molecule has 0 aliphatic carbocycles. The summed E-state index contributed by atoms with van der Waals surface area (Å²) in [5, 5.41) is 9.47. The summed E-state index contributed by atoms with van der Waals surface area (Å²) in [5.74, 6) is 0. The van der Waals surface area contributed by atoms with Gasteiger partial charge in [0.25, 0.3) is 0 Å². The van der Waals surface area contributed by atoms with Gasteiger partial charge in [0.05, 0.1) is 6.61 Å². The van der Waals surface area contributed by atoms with Crippen molar-refractivity contribution in [1.82, 2.24) is 0 Å². The summed E-state index contributed by atoms with van der Waals surface area (Å²) >= 11 is 0. The highest BCUT2D eigenvalue weighted by molar-refractivity contribution is 6.55. The molecule has 0 aromatic rings. The van der Waals surface area contributed by atoms with Crippen LogP contribution >= 0.6 is 0 Å². The van der Waals surface area contributed by atoms with Crippen LogP contribution in [0.25, 0.3) is 0 Å². The predicted octanol–water partition coefficient (Wildman–Crippen LogP) is 1.71. The lowest BCUT2D eigenvalue weighted by molar-refractivity contribution is 0.316. The van der Waals surface area contributed by atoms with E-state index in [9.17, 15) is 5.02 Å². The van der Waals surface area contributed by atoms with Crippen LogP contribution in [-0.4, -0.2) is 18.7 Å². The Balaban J connectivity index is 2.99. The molecule has 0 spiro atoms. The minimum Gasteiger partial charge on any atom is -0.423 e. The zero-order valence-electron chi connectivity index (χ0n) is 7.92. The quantitative estimate of drug-likeness (QED) is 0.600. The molecule has 0 unspecified atom stereocenters. The molecule has 0 aromatic heterocycles. The average molecular weight is 166 g/mol.